The van der Waals surface area contributed by atoms with Crippen molar-refractivity contribution in [1.82, 2.24) is 9.55 Å². The van der Waals surface area contributed by atoms with E-state index in [0.29, 0.717) is 0 Å². The van der Waals surface area contributed by atoms with Crippen LogP contribution >= 0.6 is 11.3 Å². The highest BCUT2D eigenvalue weighted by Gasteiger charge is 2.13. The molecule has 6 rings (SSSR count). The van der Waals surface area contributed by atoms with Crippen LogP contribution in [0.25, 0.3) is 47.7 Å². The Morgan fingerprint density at radius 1 is 0.741 bits per heavy atom. The molecule has 128 valence electrons. The summed E-state index contributed by atoms with van der Waals surface area (Å²) in [7, 11) is 0. The van der Waals surface area contributed by atoms with E-state index in [0.717, 1.165) is 5.69 Å². The molecular weight excluding hydrogens is 348 g/mol. The molecule has 3 heteroatoms. The lowest BCUT2D eigenvalue weighted by Gasteiger charge is -2.08. The van der Waals surface area contributed by atoms with E-state index in [-0.39, 0.29) is 0 Å². The lowest BCUT2D eigenvalue weighted by atomic mass is 10.1. The van der Waals surface area contributed by atoms with Crippen molar-refractivity contribution in [2.24, 2.45) is 0 Å². The molecule has 0 atom stereocenters. The number of fused-ring (bicyclic) bond motifs is 6. The highest BCUT2D eigenvalue weighted by atomic mass is 32.1. The van der Waals surface area contributed by atoms with Gasteiger partial charge in [0.2, 0.25) is 0 Å². The summed E-state index contributed by atoms with van der Waals surface area (Å²) in [6.07, 6.45) is 1.91. The van der Waals surface area contributed by atoms with Gasteiger partial charge < -0.3 is 4.57 Å². The lowest BCUT2D eigenvalue weighted by Crippen LogP contribution is -1.93. The molecule has 0 spiro atoms. The lowest BCUT2D eigenvalue weighted by molar-refractivity contribution is 1.19. The van der Waals surface area contributed by atoms with Crippen LogP contribution < -0.4 is 0 Å². The molecule has 3 heterocycles. The molecule has 0 bridgehead atoms. The van der Waals surface area contributed by atoms with Gasteiger partial charge in [0, 0.05) is 38.1 Å². The fraction of sp³-hybridized carbons (Fsp3) is 0.0417. The molecule has 27 heavy (non-hydrogen) atoms. The zero-order valence-electron chi connectivity index (χ0n) is 14.8. The first-order valence-electron chi connectivity index (χ1n) is 9.08. The molecule has 0 aliphatic heterocycles. The van der Waals surface area contributed by atoms with Crippen LogP contribution in [0.15, 0.2) is 79.0 Å². The normalized spacial score (nSPS) is 11.9. The first-order chi connectivity index (χ1) is 13.3. The summed E-state index contributed by atoms with van der Waals surface area (Å²) >= 11 is 1.83. The minimum atomic E-state index is 1.10. The zero-order valence-corrected chi connectivity index (χ0v) is 15.6. The number of aromatic nitrogens is 2. The molecule has 0 unspecified atom stereocenters. The minimum absolute atomic E-state index is 1.10. The minimum Gasteiger partial charge on any atom is -0.309 e. The standard InChI is InChI=1S/C24H16N2S/c1-15-24-19(12-13-25-15)20-14-16(10-11-23(20)27-24)26-21-8-4-2-6-17(21)18-7-3-5-9-22(18)26/h2-14H,1H3. The van der Waals surface area contributed by atoms with Crippen LogP contribution in [0.4, 0.5) is 0 Å². The molecule has 3 aromatic heterocycles. The number of para-hydroxylation sites is 2. The van der Waals surface area contributed by atoms with Gasteiger partial charge in [-0.25, -0.2) is 0 Å². The van der Waals surface area contributed by atoms with Crippen LogP contribution in [0.5, 0.6) is 0 Å². The van der Waals surface area contributed by atoms with Crippen LogP contribution in [-0.4, -0.2) is 9.55 Å². The maximum Gasteiger partial charge on any atom is 0.0568 e. The zero-order chi connectivity index (χ0) is 18.0. The molecule has 0 aliphatic carbocycles. The van der Waals surface area contributed by atoms with Crippen molar-refractivity contribution in [1.29, 1.82) is 0 Å². The Morgan fingerprint density at radius 2 is 1.44 bits per heavy atom. The van der Waals surface area contributed by atoms with E-state index in [2.05, 4.69) is 89.3 Å². The highest BCUT2D eigenvalue weighted by molar-refractivity contribution is 7.26. The number of benzene rings is 3. The van der Waals surface area contributed by atoms with Gasteiger partial charge in [0.1, 0.15) is 0 Å². The Hall–Kier alpha value is -3.17. The summed E-state index contributed by atoms with van der Waals surface area (Å²) in [5.74, 6) is 0. The van der Waals surface area contributed by atoms with Crippen LogP contribution in [0.1, 0.15) is 5.69 Å². The maximum absolute atomic E-state index is 4.46. The number of thiophene rings is 1. The third kappa shape index (κ3) is 2.03. The van der Waals surface area contributed by atoms with Crippen molar-refractivity contribution < 1.29 is 0 Å². The SMILES string of the molecule is Cc1nccc2c1sc1ccc(-n3c4ccccc4c4ccccc43)cc12. The van der Waals surface area contributed by atoms with Crippen molar-refractivity contribution >= 4 is 53.3 Å². The summed E-state index contributed by atoms with van der Waals surface area (Å²) in [4.78, 5) is 4.46. The molecule has 0 N–H and O–H groups in total. The van der Waals surface area contributed by atoms with Crippen molar-refractivity contribution in [2.45, 2.75) is 6.92 Å². The first-order valence-corrected chi connectivity index (χ1v) is 9.89. The number of aryl methyl sites for hydroxylation is 1. The molecule has 6 aromatic rings. The van der Waals surface area contributed by atoms with Crippen LogP contribution in [0.3, 0.4) is 0 Å². The topological polar surface area (TPSA) is 17.8 Å². The molecule has 0 fully saturated rings. The van der Waals surface area contributed by atoms with Crippen LogP contribution in [0.2, 0.25) is 0 Å². The summed E-state index contributed by atoms with van der Waals surface area (Å²) in [6.45, 7) is 2.09. The summed E-state index contributed by atoms with van der Waals surface area (Å²) in [5.41, 5.74) is 4.80. The van der Waals surface area contributed by atoms with Gasteiger partial charge >= 0.3 is 0 Å². The van der Waals surface area contributed by atoms with Gasteiger partial charge in [-0.3, -0.25) is 4.98 Å². The van der Waals surface area contributed by atoms with E-state index in [9.17, 15) is 0 Å². The molecule has 0 saturated heterocycles. The fourth-order valence-electron chi connectivity index (χ4n) is 4.16. The Morgan fingerprint density at radius 3 is 2.19 bits per heavy atom. The molecule has 3 aromatic carbocycles. The maximum atomic E-state index is 4.46. The van der Waals surface area contributed by atoms with E-state index in [1.807, 2.05) is 17.5 Å². The smallest absolute Gasteiger partial charge is 0.0568 e. The van der Waals surface area contributed by atoms with E-state index >= 15 is 0 Å². The summed E-state index contributed by atoms with van der Waals surface area (Å²) in [5, 5.41) is 5.19. The summed E-state index contributed by atoms with van der Waals surface area (Å²) in [6, 6.07) is 26.2. The Labute approximate surface area is 160 Å². The van der Waals surface area contributed by atoms with E-state index in [1.165, 1.54) is 47.7 Å². The highest BCUT2D eigenvalue weighted by Crippen LogP contribution is 2.38. The Bertz CT molecular complexity index is 1430. The third-order valence-corrected chi connectivity index (χ3v) is 6.68. The molecule has 0 aliphatic rings. The molecular formula is C24H16N2S. The number of pyridine rings is 1. The Kier molecular flexibility index (Phi) is 3.00. The van der Waals surface area contributed by atoms with Crippen molar-refractivity contribution in [2.75, 3.05) is 0 Å². The average Bonchev–Trinajstić information content (AvgIpc) is 3.24. The van der Waals surface area contributed by atoms with E-state index < -0.39 is 0 Å². The molecule has 0 saturated carbocycles. The molecule has 0 amide bonds. The first kappa shape index (κ1) is 14.9. The predicted molar refractivity (Wildman–Crippen MR) is 116 cm³/mol. The number of rotatable bonds is 1. The Balaban J connectivity index is 1.75. The number of nitrogens with zero attached hydrogens (tertiary/aromatic N) is 2. The van der Waals surface area contributed by atoms with Gasteiger partial charge in [0.05, 0.1) is 21.4 Å². The second kappa shape index (κ2) is 5.41. The van der Waals surface area contributed by atoms with Gasteiger partial charge in [0.15, 0.2) is 0 Å². The van der Waals surface area contributed by atoms with Crippen LogP contribution in [-0.2, 0) is 0 Å². The van der Waals surface area contributed by atoms with E-state index in [1.54, 1.807) is 0 Å². The van der Waals surface area contributed by atoms with Gasteiger partial charge in [-0.2, -0.15) is 0 Å². The van der Waals surface area contributed by atoms with Gasteiger partial charge in [0.25, 0.3) is 0 Å². The van der Waals surface area contributed by atoms with Crippen LogP contribution in [0, 0.1) is 6.92 Å². The van der Waals surface area contributed by atoms with Gasteiger partial charge in [-0.15, -0.1) is 11.3 Å². The predicted octanol–water partition coefficient (Wildman–Crippen LogP) is 6.86. The van der Waals surface area contributed by atoms with Crippen molar-refractivity contribution in [3.63, 3.8) is 0 Å². The second-order valence-electron chi connectivity index (χ2n) is 6.93. The largest absolute Gasteiger partial charge is 0.309 e. The second-order valence-corrected chi connectivity index (χ2v) is 7.98. The van der Waals surface area contributed by atoms with E-state index in [4.69, 9.17) is 0 Å². The third-order valence-electron chi connectivity index (χ3n) is 5.39. The quantitative estimate of drug-likeness (QED) is 0.312. The van der Waals surface area contributed by atoms with Crippen molar-refractivity contribution in [3.05, 3.63) is 84.7 Å². The average molecular weight is 364 g/mol. The number of hydrogen-bond donors (Lipinski definition) is 0. The molecule has 0 radical (unpaired) electrons. The number of hydrogen-bond acceptors (Lipinski definition) is 2. The fourth-order valence-corrected chi connectivity index (χ4v) is 5.28. The van der Waals surface area contributed by atoms with Gasteiger partial charge in [-0.05, 0) is 43.3 Å². The van der Waals surface area contributed by atoms with Crippen molar-refractivity contribution in [3.8, 4) is 5.69 Å². The van der Waals surface area contributed by atoms with Gasteiger partial charge in [-0.1, -0.05) is 36.4 Å². The summed E-state index contributed by atoms with van der Waals surface area (Å²) < 4.78 is 4.97. The monoisotopic (exact) mass is 364 g/mol. The molecule has 2 nitrogen and oxygen atoms in total.